The molecule has 2 aliphatic rings. The lowest BCUT2D eigenvalue weighted by molar-refractivity contribution is -0.159. The smallest absolute Gasteiger partial charge is 0.408 e. The molecule has 0 aromatic heterocycles. The van der Waals surface area contributed by atoms with E-state index in [1.807, 2.05) is 0 Å². The maximum atomic E-state index is 13.1. The number of hydrogen-bond acceptors (Lipinski definition) is 3. The largest absolute Gasteiger partial charge is 0.497 e. The van der Waals surface area contributed by atoms with Crippen LogP contribution in [0.2, 0.25) is 0 Å². The molecule has 0 saturated carbocycles. The summed E-state index contributed by atoms with van der Waals surface area (Å²) in [5, 5.41) is 2.60. The van der Waals surface area contributed by atoms with Crippen molar-refractivity contribution in [3.05, 3.63) is 23.8 Å². The highest BCUT2D eigenvalue weighted by Gasteiger charge is 2.52. The van der Waals surface area contributed by atoms with Crippen molar-refractivity contribution in [2.45, 2.75) is 24.7 Å². The molecule has 19 heavy (non-hydrogen) atoms. The summed E-state index contributed by atoms with van der Waals surface area (Å²) in [5.74, 6) is 0.0554. The van der Waals surface area contributed by atoms with E-state index in [-0.39, 0.29) is 0 Å². The van der Waals surface area contributed by atoms with Crippen LogP contribution in [0.1, 0.15) is 18.1 Å². The van der Waals surface area contributed by atoms with Crippen molar-refractivity contribution >= 4 is 5.69 Å². The van der Waals surface area contributed by atoms with Gasteiger partial charge >= 0.3 is 6.18 Å². The van der Waals surface area contributed by atoms with Gasteiger partial charge in [0.1, 0.15) is 11.8 Å². The SMILES string of the molecule is COc1ccc2c(c1)[C@@H]1OCC[C@@H]1[C@@H](C(F)(F)F)N2. The van der Waals surface area contributed by atoms with Crippen molar-refractivity contribution in [3.63, 3.8) is 0 Å². The number of anilines is 1. The summed E-state index contributed by atoms with van der Waals surface area (Å²) in [4.78, 5) is 0. The van der Waals surface area contributed by atoms with Gasteiger partial charge in [0.05, 0.1) is 13.2 Å². The summed E-state index contributed by atoms with van der Waals surface area (Å²) in [6, 6.07) is 3.47. The molecular weight excluding hydrogens is 259 g/mol. The van der Waals surface area contributed by atoms with Crippen LogP contribution in [0.4, 0.5) is 18.9 Å². The molecule has 0 radical (unpaired) electrons. The molecule has 104 valence electrons. The quantitative estimate of drug-likeness (QED) is 0.852. The van der Waals surface area contributed by atoms with Crippen molar-refractivity contribution in [1.29, 1.82) is 0 Å². The van der Waals surface area contributed by atoms with Gasteiger partial charge in [0.2, 0.25) is 0 Å². The summed E-state index contributed by atoms with van der Waals surface area (Å²) in [6.07, 6.45) is -4.36. The van der Waals surface area contributed by atoms with Crippen LogP contribution in [0.5, 0.6) is 5.75 Å². The number of ether oxygens (including phenoxy) is 2. The Labute approximate surface area is 108 Å². The summed E-state index contributed by atoms with van der Waals surface area (Å²) < 4.78 is 49.9. The lowest BCUT2D eigenvalue weighted by Gasteiger charge is -2.37. The Hall–Kier alpha value is -1.43. The minimum atomic E-state index is -4.27. The molecule has 1 fully saturated rings. The fraction of sp³-hybridized carbons (Fsp3) is 0.538. The average molecular weight is 273 g/mol. The number of rotatable bonds is 1. The summed E-state index contributed by atoms with van der Waals surface area (Å²) >= 11 is 0. The van der Waals surface area contributed by atoms with Gasteiger partial charge in [-0.25, -0.2) is 0 Å². The molecule has 1 aromatic carbocycles. The van der Waals surface area contributed by atoms with Crippen LogP contribution in [0.15, 0.2) is 18.2 Å². The van der Waals surface area contributed by atoms with E-state index in [1.165, 1.54) is 7.11 Å². The molecule has 0 bridgehead atoms. The Morgan fingerprint density at radius 2 is 2.16 bits per heavy atom. The van der Waals surface area contributed by atoms with Crippen molar-refractivity contribution in [1.82, 2.24) is 0 Å². The maximum Gasteiger partial charge on any atom is 0.408 e. The van der Waals surface area contributed by atoms with Gasteiger partial charge in [-0.05, 0) is 24.6 Å². The molecule has 1 aromatic rings. The molecule has 6 heteroatoms. The van der Waals surface area contributed by atoms with E-state index in [0.29, 0.717) is 24.5 Å². The molecule has 0 aliphatic carbocycles. The van der Waals surface area contributed by atoms with Gasteiger partial charge in [-0.1, -0.05) is 0 Å². The molecule has 2 heterocycles. The molecule has 0 spiro atoms. The number of nitrogens with one attached hydrogen (secondary N) is 1. The summed E-state index contributed by atoms with van der Waals surface area (Å²) in [7, 11) is 1.53. The van der Waals surface area contributed by atoms with Gasteiger partial charge in [-0.3, -0.25) is 0 Å². The first-order valence-electron chi connectivity index (χ1n) is 6.13. The predicted octanol–water partition coefficient (Wildman–Crippen LogP) is 3.13. The van der Waals surface area contributed by atoms with E-state index in [2.05, 4.69) is 5.32 Å². The fourth-order valence-corrected chi connectivity index (χ4v) is 2.90. The van der Waals surface area contributed by atoms with Crippen molar-refractivity contribution < 1.29 is 22.6 Å². The molecule has 0 amide bonds. The van der Waals surface area contributed by atoms with Crippen molar-refractivity contribution in [2.75, 3.05) is 19.0 Å². The normalized spacial score (nSPS) is 29.4. The second kappa shape index (κ2) is 4.30. The number of halogens is 3. The van der Waals surface area contributed by atoms with Crippen molar-refractivity contribution in [3.8, 4) is 5.75 Å². The van der Waals surface area contributed by atoms with E-state index in [0.717, 1.165) is 5.56 Å². The zero-order valence-electron chi connectivity index (χ0n) is 10.3. The second-order valence-electron chi connectivity index (χ2n) is 4.86. The summed E-state index contributed by atoms with van der Waals surface area (Å²) in [5.41, 5.74) is 1.23. The van der Waals surface area contributed by atoms with Gasteiger partial charge in [0, 0.05) is 23.8 Å². The molecule has 1 saturated heterocycles. The molecule has 3 rings (SSSR count). The highest BCUT2D eigenvalue weighted by Crippen LogP contribution is 2.49. The Morgan fingerprint density at radius 1 is 1.37 bits per heavy atom. The Balaban J connectivity index is 2.03. The molecular formula is C13H14F3NO2. The van der Waals surface area contributed by atoms with Crippen LogP contribution in [0.3, 0.4) is 0 Å². The van der Waals surface area contributed by atoms with Crippen LogP contribution < -0.4 is 10.1 Å². The lowest BCUT2D eigenvalue weighted by atomic mass is 9.84. The lowest BCUT2D eigenvalue weighted by Crippen LogP contribution is -2.46. The third kappa shape index (κ3) is 2.04. The second-order valence-corrected chi connectivity index (χ2v) is 4.86. The molecule has 2 aliphatic heterocycles. The first-order valence-corrected chi connectivity index (χ1v) is 6.13. The number of hydrogen-bond donors (Lipinski definition) is 1. The maximum absolute atomic E-state index is 13.1. The monoisotopic (exact) mass is 273 g/mol. The molecule has 0 unspecified atom stereocenters. The Morgan fingerprint density at radius 3 is 2.84 bits per heavy atom. The first kappa shape index (κ1) is 12.6. The number of fused-ring (bicyclic) bond motifs is 3. The van der Waals surface area contributed by atoms with E-state index in [1.54, 1.807) is 18.2 Å². The van der Waals surface area contributed by atoms with Crippen LogP contribution in [0.25, 0.3) is 0 Å². The molecule has 3 atom stereocenters. The summed E-state index contributed by atoms with van der Waals surface area (Å²) in [6.45, 7) is 0.361. The minimum Gasteiger partial charge on any atom is -0.497 e. The Kier molecular flexibility index (Phi) is 2.85. The number of benzene rings is 1. The van der Waals surface area contributed by atoms with Gasteiger partial charge in [-0.2, -0.15) is 13.2 Å². The zero-order valence-corrected chi connectivity index (χ0v) is 10.3. The first-order chi connectivity index (χ1) is 9.00. The van der Waals surface area contributed by atoms with Crippen LogP contribution in [0, 0.1) is 5.92 Å². The third-order valence-corrected chi connectivity index (χ3v) is 3.79. The van der Waals surface area contributed by atoms with Gasteiger partial charge < -0.3 is 14.8 Å². The minimum absolute atomic E-state index is 0.361. The van der Waals surface area contributed by atoms with Gasteiger partial charge in [0.25, 0.3) is 0 Å². The van der Waals surface area contributed by atoms with Crippen LogP contribution in [-0.4, -0.2) is 25.9 Å². The predicted molar refractivity (Wildman–Crippen MR) is 63.3 cm³/mol. The zero-order chi connectivity index (χ0) is 13.6. The van der Waals surface area contributed by atoms with E-state index in [4.69, 9.17) is 9.47 Å². The molecule has 1 N–H and O–H groups in total. The third-order valence-electron chi connectivity index (χ3n) is 3.79. The van der Waals surface area contributed by atoms with Crippen molar-refractivity contribution in [2.24, 2.45) is 5.92 Å². The number of alkyl halides is 3. The topological polar surface area (TPSA) is 30.5 Å². The standard InChI is InChI=1S/C13H14F3NO2/c1-18-7-2-3-10-9(6-7)11-8(4-5-19-11)12(17-10)13(14,15)16/h2-3,6,8,11-12,17H,4-5H2,1H3/t8-,11+,12-/m0/s1. The van der Waals surface area contributed by atoms with Gasteiger partial charge in [0.15, 0.2) is 0 Å². The average Bonchev–Trinajstić information content (AvgIpc) is 2.85. The van der Waals surface area contributed by atoms with E-state index >= 15 is 0 Å². The number of methoxy groups -OCH3 is 1. The highest BCUT2D eigenvalue weighted by molar-refractivity contribution is 5.59. The Bertz CT molecular complexity index is 489. The molecule has 3 nitrogen and oxygen atoms in total. The van der Waals surface area contributed by atoms with E-state index in [9.17, 15) is 13.2 Å². The highest BCUT2D eigenvalue weighted by atomic mass is 19.4. The van der Waals surface area contributed by atoms with Crippen LogP contribution >= 0.6 is 0 Å². The fourth-order valence-electron chi connectivity index (χ4n) is 2.90. The van der Waals surface area contributed by atoms with Crippen LogP contribution in [-0.2, 0) is 4.74 Å². The van der Waals surface area contributed by atoms with E-state index < -0.39 is 24.2 Å². The van der Waals surface area contributed by atoms with Gasteiger partial charge in [-0.15, -0.1) is 0 Å².